The lowest BCUT2D eigenvalue weighted by atomic mass is 9.96. The zero-order chi connectivity index (χ0) is 9.78. The average Bonchev–Trinajstić information content (AvgIpc) is 1.85. The molecule has 0 aromatic carbocycles. The number of carboxylic acids is 1. The van der Waals surface area contributed by atoms with Crippen LogP contribution in [0.2, 0.25) is 0 Å². The van der Waals surface area contributed by atoms with Crippen LogP contribution in [-0.2, 0) is 4.79 Å². The maximum atomic E-state index is 10.4. The fourth-order valence-corrected chi connectivity index (χ4v) is 0.820. The van der Waals surface area contributed by atoms with Crippen LogP contribution in [0.1, 0.15) is 26.7 Å². The van der Waals surface area contributed by atoms with Gasteiger partial charge < -0.3 is 15.3 Å². The minimum atomic E-state index is -1.01. The lowest BCUT2D eigenvalue weighted by molar-refractivity contribution is -0.143. The summed E-state index contributed by atoms with van der Waals surface area (Å²) in [7, 11) is 0. The van der Waals surface area contributed by atoms with Crippen molar-refractivity contribution in [1.82, 2.24) is 0 Å². The molecule has 0 aliphatic rings. The Morgan fingerprint density at radius 2 is 2.00 bits per heavy atom. The maximum Gasteiger partial charge on any atom is 0.308 e. The molecule has 72 valence electrons. The van der Waals surface area contributed by atoms with Gasteiger partial charge in [-0.05, 0) is 26.7 Å². The van der Waals surface area contributed by atoms with Gasteiger partial charge in [0.15, 0.2) is 0 Å². The SMILES string of the molecule is CC(C)(O)CCC(CO)C(=O)O. The third-order valence-corrected chi connectivity index (χ3v) is 1.67. The molecule has 4 nitrogen and oxygen atoms in total. The summed E-state index contributed by atoms with van der Waals surface area (Å²) in [6, 6.07) is 0. The molecule has 3 N–H and O–H groups in total. The quantitative estimate of drug-likeness (QED) is 0.560. The van der Waals surface area contributed by atoms with E-state index in [0.717, 1.165) is 0 Å². The van der Waals surface area contributed by atoms with Crippen molar-refractivity contribution in [2.75, 3.05) is 6.61 Å². The Bertz CT molecular complexity index is 148. The van der Waals surface area contributed by atoms with Gasteiger partial charge in [0.1, 0.15) is 0 Å². The van der Waals surface area contributed by atoms with Crippen LogP contribution in [0.4, 0.5) is 0 Å². The van der Waals surface area contributed by atoms with Crippen LogP contribution >= 0.6 is 0 Å². The number of rotatable bonds is 5. The van der Waals surface area contributed by atoms with Crippen LogP contribution in [0.5, 0.6) is 0 Å². The summed E-state index contributed by atoms with van der Waals surface area (Å²) in [6.45, 7) is 2.86. The largest absolute Gasteiger partial charge is 0.481 e. The predicted octanol–water partition coefficient (Wildman–Crippen LogP) is 0.231. The van der Waals surface area contributed by atoms with Gasteiger partial charge in [-0.1, -0.05) is 0 Å². The van der Waals surface area contributed by atoms with Crippen LogP contribution in [0.15, 0.2) is 0 Å². The molecular formula is C8H16O4. The average molecular weight is 176 g/mol. The van der Waals surface area contributed by atoms with Crippen molar-refractivity contribution in [3.8, 4) is 0 Å². The van der Waals surface area contributed by atoms with Crippen LogP contribution in [0.3, 0.4) is 0 Å². The van der Waals surface area contributed by atoms with Gasteiger partial charge in [-0.3, -0.25) is 4.79 Å². The Balaban J connectivity index is 3.81. The van der Waals surface area contributed by atoms with Crippen molar-refractivity contribution in [3.63, 3.8) is 0 Å². The van der Waals surface area contributed by atoms with E-state index in [4.69, 9.17) is 10.2 Å². The molecule has 0 saturated heterocycles. The summed E-state index contributed by atoms with van der Waals surface area (Å²) >= 11 is 0. The van der Waals surface area contributed by atoms with E-state index in [9.17, 15) is 9.90 Å². The van der Waals surface area contributed by atoms with Gasteiger partial charge in [0.25, 0.3) is 0 Å². The molecule has 0 fully saturated rings. The highest BCUT2D eigenvalue weighted by Crippen LogP contribution is 2.15. The summed E-state index contributed by atoms with van der Waals surface area (Å²) in [4.78, 5) is 10.4. The second-order valence-corrected chi connectivity index (χ2v) is 3.57. The number of hydrogen-bond acceptors (Lipinski definition) is 3. The summed E-state index contributed by atoms with van der Waals surface area (Å²) in [5.74, 6) is -1.77. The van der Waals surface area contributed by atoms with E-state index in [1.807, 2.05) is 0 Å². The van der Waals surface area contributed by atoms with Crippen molar-refractivity contribution < 1.29 is 20.1 Å². The van der Waals surface area contributed by atoms with Crippen LogP contribution in [-0.4, -0.2) is 33.5 Å². The Labute approximate surface area is 71.8 Å². The number of aliphatic hydroxyl groups excluding tert-OH is 1. The van der Waals surface area contributed by atoms with Crippen LogP contribution in [0, 0.1) is 5.92 Å². The van der Waals surface area contributed by atoms with E-state index < -0.39 is 17.5 Å². The second kappa shape index (κ2) is 4.42. The van der Waals surface area contributed by atoms with E-state index in [1.165, 1.54) is 0 Å². The highest BCUT2D eigenvalue weighted by Gasteiger charge is 2.20. The molecule has 0 aromatic rings. The number of aliphatic carboxylic acids is 1. The van der Waals surface area contributed by atoms with Gasteiger partial charge in [0.05, 0.1) is 18.1 Å². The first-order valence-corrected chi connectivity index (χ1v) is 3.93. The van der Waals surface area contributed by atoms with E-state index in [2.05, 4.69) is 0 Å². The molecule has 0 aromatic heterocycles. The van der Waals surface area contributed by atoms with Gasteiger partial charge in [-0.2, -0.15) is 0 Å². The van der Waals surface area contributed by atoms with E-state index in [0.29, 0.717) is 12.8 Å². The Hall–Kier alpha value is -0.610. The number of hydrogen-bond donors (Lipinski definition) is 3. The van der Waals surface area contributed by atoms with Crippen molar-refractivity contribution in [3.05, 3.63) is 0 Å². The second-order valence-electron chi connectivity index (χ2n) is 3.57. The number of aliphatic hydroxyl groups is 2. The molecule has 0 radical (unpaired) electrons. The zero-order valence-electron chi connectivity index (χ0n) is 7.45. The van der Waals surface area contributed by atoms with Crippen molar-refractivity contribution in [1.29, 1.82) is 0 Å². The fourth-order valence-electron chi connectivity index (χ4n) is 0.820. The molecule has 4 heteroatoms. The number of carbonyl (C=O) groups is 1. The monoisotopic (exact) mass is 176 g/mol. The first-order chi connectivity index (χ1) is 5.37. The van der Waals surface area contributed by atoms with Gasteiger partial charge in [-0.25, -0.2) is 0 Å². The first kappa shape index (κ1) is 11.4. The molecule has 12 heavy (non-hydrogen) atoms. The molecule has 0 heterocycles. The molecular weight excluding hydrogens is 160 g/mol. The predicted molar refractivity (Wildman–Crippen MR) is 43.7 cm³/mol. The van der Waals surface area contributed by atoms with Gasteiger partial charge in [0, 0.05) is 0 Å². The lowest BCUT2D eigenvalue weighted by Crippen LogP contribution is -2.24. The lowest BCUT2D eigenvalue weighted by Gasteiger charge is -2.18. The van der Waals surface area contributed by atoms with Crippen molar-refractivity contribution in [2.24, 2.45) is 5.92 Å². The molecule has 1 unspecified atom stereocenters. The molecule has 0 aliphatic heterocycles. The van der Waals surface area contributed by atoms with Crippen LogP contribution < -0.4 is 0 Å². The van der Waals surface area contributed by atoms with Gasteiger partial charge in [0.2, 0.25) is 0 Å². The smallest absolute Gasteiger partial charge is 0.308 e. The zero-order valence-corrected chi connectivity index (χ0v) is 7.45. The minimum absolute atomic E-state index is 0.301. The third-order valence-electron chi connectivity index (χ3n) is 1.67. The molecule has 0 saturated carbocycles. The summed E-state index contributed by atoms with van der Waals surface area (Å²) in [5.41, 5.74) is -0.858. The van der Waals surface area contributed by atoms with Crippen LogP contribution in [0.25, 0.3) is 0 Å². The Morgan fingerprint density at radius 3 is 2.25 bits per heavy atom. The van der Waals surface area contributed by atoms with Crippen molar-refractivity contribution >= 4 is 5.97 Å². The Morgan fingerprint density at radius 1 is 1.50 bits per heavy atom. The summed E-state index contributed by atoms with van der Waals surface area (Å²) < 4.78 is 0. The first-order valence-electron chi connectivity index (χ1n) is 3.93. The molecule has 0 amide bonds. The molecule has 0 aliphatic carbocycles. The fraction of sp³-hybridized carbons (Fsp3) is 0.875. The van der Waals surface area contributed by atoms with Crippen molar-refractivity contribution in [2.45, 2.75) is 32.3 Å². The highest BCUT2D eigenvalue weighted by atomic mass is 16.4. The van der Waals surface area contributed by atoms with Gasteiger partial charge in [-0.15, -0.1) is 0 Å². The topological polar surface area (TPSA) is 77.8 Å². The standard InChI is InChI=1S/C8H16O4/c1-8(2,12)4-3-6(5-9)7(10)11/h6,9,12H,3-5H2,1-2H3,(H,10,11). The third kappa shape index (κ3) is 5.09. The highest BCUT2D eigenvalue weighted by molar-refractivity contribution is 5.69. The normalized spacial score (nSPS) is 14.3. The summed E-state index contributed by atoms with van der Waals surface area (Å²) in [5, 5.41) is 26.4. The minimum Gasteiger partial charge on any atom is -0.481 e. The maximum absolute atomic E-state index is 10.4. The molecule has 0 rings (SSSR count). The van der Waals surface area contributed by atoms with E-state index in [1.54, 1.807) is 13.8 Å². The van der Waals surface area contributed by atoms with Gasteiger partial charge >= 0.3 is 5.97 Å². The Kier molecular flexibility index (Phi) is 4.20. The van der Waals surface area contributed by atoms with E-state index >= 15 is 0 Å². The molecule has 0 spiro atoms. The molecule has 0 bridgehead atoms. The summed E-state index contributed by atoms with van der Waals surface area (Å²) in [6.07, 6.45) is 0.680. The van der Waals surface area contributed by atoms with E-state index in [-0.39, 0.29) is 6.61 Å². The molecule has 1 atom stereocenters. The number of carboxylic acid groups (broad SMARTS) is 1.